The molecule has 90 valence electrons. The minimum absolute atomic E-state index is 0.411. The van der Waals surface area contributed by atoms with E-state index in [-0.39, 0.29) is 0 Å². The van der Waals surface area contributed by atoms with Crippen LogP contribution in [0, 0.1) is 21.4 Å². The Bertz CT molecular complexity index is 508. The zero-order chi connectivity index (χ0) is 13.2. The first-order valence-corrected chi connectivity index (χ1v) is 3.85. The number of pyridine rings is 1. The summed E-state index contributed by atoms with van der Waals surface area (Å²) in [7, 11) is 0. The molecule has 0 atom stereocenters. The van der Waals surface area contributed by atoms with E-state index < -0.39 is 34.1 Å². The van der Waals surface area contributed by atoms with Crippen LogP contribution in [0.25, 0.3) is 0 Å². The van der Waals surface area contributed by atoms with Gasteiger partial charge in [0, 0.05) is 0 Å². The Labute approximate surface area is 91.4 Å². The summed E-state index contributed by atoms with van der Waals surface area (Å²) < 4.78 is 39.1. The Balaban J connectivity index is 3.38. The first kappa shape index (κ1) is 12.5. The Morgan fingerprint density at radius 1 is 1.59 bits per heavy atom. The fraction of sp³-hybridized carbons (Fsp3) is 0.143. The first-order valence-electron chi connectivity index (χ1n) is 3.85. The second kappa shape index (κ2) is 4.12. The number of nitrogen functional groups attached to an aromatic ring is 1. The van der Waals surface area contributed by atoms with Crippen molar-refractivity contribution >= 4 is 11.4 Å². The van der Waals surface area contributed by atoms with Gasteiger partial charge in [-0.2, -0.15) is 5.26 Å². The third kappa shape index (κ3) is 2.71. The van der Waals surface area contributed by atoms with Gasteiger partial charge in [0.1, 0.15) is 17.3 Å². The molecular weight excluding hydrogens is 245 g/mol. The van der Waals surface area contributed by atoms with Crippen LogP contribution in [0.1, 0.15) is 5.56 Å². The minimum atomic E-state index is -5.14. The van der Waals surface area contributed by atoms with Gasteiger partial charge in [-0.15, -0.1) is 13.2 Å². The molecule has 0 aliphatic carbocycles. The highest BCUT2D eigenvalue weighted by Crippen LogP contribution is 2.35. The van der Waals surface area contributed by atoms with Crippen LogP contribution >= 0.6 is 0 Å². The van der Waals surface area contributed by atoms with Crippen LogP contribution in [-0.2, 0) is 0 Å². The normalized spacial score (nSPS) is 10.7. The second-order valence-corrected chi connectivity index (χ2v) is 2.66. The molecule has 0 aliphatic heterocycles. The molecule has 0 amide bonds. The molecule has 0 fully saturated rings. The molecule has 10 heteroatoms. The average Bonchev–Trinajstić information content (AvgIpc) is 2.14. The third-order valence-corrected chi connectivity index (χ3v) is 1.57. The fourth-order valence-electron chi connectivity index (χ4n) is 0.946. The fourth-order valence-corrected chi connectivity index (χ4v) is 0.946. The van der Waals surface area contributed by atoms with Gasteiger partial charge >= 0.3 is 17.9 Å². The number of anilines is 1. The van der Waals surface area contributed by atoms with Gasteiger partial charge in [-0.05, 0) is 0 Å². The Kier molecular flexibility index (Phi) is 3.03. The van der Waals surface area contributed by atoms with Crippen molar-refractivity contribution in [2.45, 2.75) is 6.36 Å². The summed E-state index contributed by atoms with van der Waals surface area (Å²) in [4.78, 5) is 12.4. The molecule has 1 heterocycles. The van der Waals surface area contributed by atoms with Crippen molar-refractivity contribution in [3.8, 4) is 11.9 Å². The quantitative estimate of drug-likeness (QED) is 0.623. The lowest BCUT2D eigenvalue weighted by molar-refractivity contribution is -0.388. The average molecular weight is 248 g/mol. The molecule has 0 aliphatic rings. The van der Waals surface area contributed by atoms with E-state index in [2.05, 4.69) is 9.72 Å². The minimum Gasteiger partial charge on any atom is -0.392 e. The van der Waals surface area contributed by atoms with Crippen LogP contribution in [0.2, 0.25) is 0 Å². The summed E-state index contributed by atoms with van der Waals surface area (Å²) in [5.74, 6) is -1.31. The van der Waals surface area contributed by atoms with Crippen LogP contribution < -0.4 is 10.5 Å². The van der Waals surface area contributed by atoms with Crippen LogP contribution in [-0.4, -0.2) is 16.3 Å². The number of hydrogen-bond acceptors (Lipinski definition) is 6. The Morgan fingerprint density at radius 3 is 2.59 bits per heavy atom. The SMILES string of the molecule is N#Cc1cnc(OC(F)(F)F)c([N+](=O)[O-])c1N. The second-order valence-electron chi connectivity index (χ2n) is 2.66. The summed E-state index contributed by atoms with van der Waals surface area (Å²) in [6.07, 6.45) is -4.48. The van der Waals surface area contributed by atoms with Crippen LogP contribution in [0.3, 0.4) is 0 Å². The lowest BCUT2D eigenvalue weighted by Crippen LogP contribution is -2.19. The number of halogens is 3. The predicted molar refractivity (Wildman–Crippen MR) is 46.7 cm³/mol. The van der Waals surface area contributed by atoms with Crippen LogP contribution in [0.15, 0.2) is 6.20 Å². The molecule has 0 saturated heterocycles. The molecule has 1 rings (SSSR count). The molecule has 17 heavy (non-hydrogen) atoms. The summed E-state index contributed by atoms with van der Waals surface area (Å²) in [6, 6.07) is 1.45. The van der Waals surface area contributed by atoms with E-state index in [0.29, 0.717) is 6.20 Å². The monoisotopic (exact) mass is 248 g/mol. The number of ether oxygens (including phenoxy) is 1. The molecule has 0 bridgehead atoms. The molecule has 7 nitrogen and oxygen atoms in total. The lowest BCUT2D eigenvalue weighted by atomic mass is 10.2. The molecule has 0 saturated carbocycles. The maximum atomic E-state index is 11.9. The summed E-state index contributed by atoms with van der Waals surface area (Å²) in [5, 5.41) is 19.0. The number of aromatic nitrogens is 1. The van der Waals surface area contributed by atoms with Crippen LogP contribution in [0.4, 0.5) is 24.5 Å². The van der Waals surface area contributed by atoms with Crippen molar-refractivity contribution in [3.05, 3.63) is 21.9 Å². The van der Waals surface area contributed by atoms with Gasteiger partial charge in [0.2, 0.25) is 0 Å². The zero-order valence-electron chi connectivity index (χ0n) is 7.85. The highest BCUT2D eigenvalue weighted by atomic mass is 19.4. The van der Waals surface area contributed by atoms with Crippen molar-refractivity contribution in [2.24, 2.45) is 0 Å². The number of hydrogen-bond donors (Lipinski definition) is 1. The van der Waals surface area contributed by atoms with Crippen molar-refractivity contribution in [2.75, 3.05) is 5.73 Å². The van der Waals surface area contributed by atoms with E-state index in [0.717, 1.165) is 0 Å². The standard InChI is InChI=1S/C7H3F3N4O3/c8-7(9,10)17-6-5(14(15)16)4(12)3(1-11)2-13-6/h2H,(H2,12,13). The predicted octanol–water partition coefficient (Wildman–Crippen LogP) is 1.34. The van der Waals surface area contributed by atoms with E-state index >= 15 is 0 Å². The number of nitriles is 1. The molecule has 1 aromatic rings. The third-order valence-electron chi connectivity index (χ3n) is 1.57. The maximum Gasteiger partial charge on any atom is 0.574 e. The van der Waals surface area contributed by atoms with E-state index in [1.807, 2.05) is 0 Å². The van der Waals surface area contributed by atoms with Gasteiger partial charge in [-0.1, -0.05) is 0 Å². The molecule has 0 aromatic carbocycles. The number of nitro groups is 1. The summed E-state index contributed by atoms with van der Waals surface area (Å²) in [5.41, 5.74) is 2.83. The van der Waals surface area contributed by atoms with E-state index in [1.165, 1.54) is 6.07 Å². The van der Waals surface area contributed by atoms with E-state index in [1.54, 1.807) is 0 Å². The highest BCUT2D eigenvalue weighted by molar-refractivity contribution is 5.70. The molecule has 2 N–H and O–H groups in total. The largest absolute Gasteiger partial charge is 0.574 e. The van der Waals surface area contributed by atoms with Crippen molar-refractivity contribution in [1.29, 1.82) is 5.26 Å². The number of alkyl halides is 3. The zero-order valence-corrected chi connectivity index (χ0v) is 7.85. The first-order chi connectivity index (χ1) is 7.76. The van der Waals surface area contributed by atoms with E-state index in [9.17, 15) is 23.3 Å². The molecule has 0 spiro atoms. The van der Waals surface area contributed by atoms with Gasteiger partial charge in [-0.3, -0.25) is 10.1 Å². The van der Waals surface area contributed by atoms with Crippen molar-refractivity contribution < 1.29 is 22.8 Å². The van der Waals surface area contributed by atoms with Crippen molar-refractivity contribution in [1.82, 2.24) is 4.98 Å². The maximum absolute atomic E-state index is 11.9. The lowest BCUT2D eigenvalue weighted by Gasteiger charge is -2.09. The smallest absolute Gasteiger partial charge is 0.392 e. The summed E-state index contributed by atoms with van der Waals surface area (Å²) in [6.45, 7) is 0. The van der Waals surface area contributed by atoms with Crippen molar-refractivity contribution in [3.63, 3.8) is 0 Å². The molecule has 0 unspecified atom stereocenters. The highest BCUT2D eigenvalue weighted by Gasteiger charge is 2.37. The Hall–Kier alpha value is -2.57. The summed E-state index contributed by atoms with van der Waals surface area (Å²) >= 11 is 0. The topological polar surface area (TPSA) is 115 Å². The number of nitrogens with two attached hydrogens (primary N) is 1. The van der Waals surface area contributed by atoms with Crippen LogP contribution in [0.5, 0.6) is 5.88 Å². The molecule has 0 radical (unpaired) electrons. The van der Waals surface area contributed by atoms with Gasteiger partial charge in [0.25, 0.3) is 0 Å². The van der Waals surface area contributed by atoms with Gasteiger partial charge < -0.3 is 10.5 Å². The van der Waals surface area contributed by atoms with E-state index in [4.69, 9.17) is 11.0 Å². The number of rotatable bonds is 2. The molecule has 1 aromatic heterocycles. The molecular formula is C7H3F3N4O3. The number of nitrogens with zero attached hydrogens (tertiary/aromatic N) is 3. The Morgan fingerprint density at radius 2 is 2.18 bits per heavy atom. The van der Waals surface area contributed by atoms with Gasteiger partial charge in [0.15, 0.2) is 0 Å². The van der Waals surface area contributed by atoms with Gasteiger partial charge in [-0.25, -0.2) is 4.98 Å². The van der Waals surface area contributed by atoms with Gasteiger partial charge in [0.05, 0.1) is 11.1 Å².